The molecule has 12 nitrogen and oxygen atoms in total. The summed E-state index contributed by atoms with van der Waals surface area (Å²) < 4.78 is 36.6. The van der Waals surface area contributed by atoms with Crippen LogP contribution in [0.25, 0.3) is 0 Å². The fourth-order valence-electron chi connectivity index (χ4n) is 3.45. The minimum Gasteiger partial charge on any atom is -0.497 e. The smallest absolute Gasteiger partial charge is 0.271 e. The number of nitrogens with one attached hydrogen (secondary N) is 1. The number of ether oxygens (including phenoxy) is 2. The zero-order valence-electron chi connectivity index (χ0n) is 20.8. The minimum atomic E-state index is -4.10. The second-order valence-corrected chi connectivity index (χ2v) is 9.73. The molecule has 2 aromatic rings. The highest BCUT2D eigenvalue weighted by Gasteiger charge is 2.32. The van der Waals surface area contributed by atoms with E-state index < -0.39 is 39.3 Å². The maximum absolute atomic E-state index is 13.5. The van der Waals surface area contributed by atoms with Crippen LogP contribution in [0, 0.1) is 10.1 Å². The lowest BCUT2D eigenvalue weighted by Crippen LogP contribution is -2.51. The SMILES string of the molecule is CCNC(=O)[C@@H](C)N(Cc1cccc(OC)c1)C(=O)CN(c1cc([N+](=O)[O-])ccc1OC)S(C)(=O)=O. The topological polar surface area (TPSA) is 148 Å². The lowest BCUT2D eigenvalue weighted by atomic mass is 10.1. The van der Waals surface area contributed by atoms with Gasteiger partial charge < -0.3 is 19.7 Å². The third kappa shape index (κ3) is 7.07. The molecule has 1 atom stereocenters. The molecule has 0 aliphatic heterocycles. The fourth-order valence-corrected chi connectivity index (χ4v) is 4.30. The number of carbonyl (C=O) groups is 2. The van der Waals surface area contributed by atoms with E-state index in [1.165, 1.54) is 32.1 Å². The maximum atomic E-state index is 13.5. The maximum Gasteiger partial charge on any atom is 0.271 e. The van der Waals surface area contributed by atoms with Crippen LogP contribution in [0.1, 0.15) is 19.4 Å². The summed E-state index contributed by atoms with van der Waals surface area (Å²) in [6, 6.07) is 9.38. The largest absolute Gasteiger partial charge is 0.497 e. The molecule has 2 amide bonds. The number of rotatable bonds is 12. The molecule has 0 saturated heterocycles. The molecule has 36 heavy (non-hydrogen) atoms. The molecule has 0 aliphatic rings. The Balaban J connectivity index is 2.52. The number of methoxy groups -OCH3 is 2. The van der Waals surface area contributed by atoms with Gasteiger partial charge in [-0.3, -0.25) is 24.0 Å². The summed E-state index contributed by atoms with van der Waals surface area (Å²) in [6.45, 7) is 2.87. The van der Waals surface area contributed by atoms with Gasteiger partial charge in [-0.05, 0) is 37.6 Å². The third-order valence-electron chi connectivity index (χ3n) is 5.33. The Hall–Kier alpha value is -3.87. The summed E-state index contributed by atoms with van der Waals surface area (Å²) >= 11 is 0. The van der Waals surface area contributed by atoms with Gasteiger partial charge in [0, 0.05) is 25.2 Å². The Labute approximate surface area is 210 Å². The average molecular weight is 523 g/mol. The van der Waals surface area contributed by atoms with E-state index in [4.69, 9.17) is 9.47 Å². The van der Waals surface area contributed by atoms with Gasteiger partial charge >= 0.3 is 0 Å². The number of nitrogens with zero attached hydrogens (tertiary/aromatic N) is 3. The Morgan fingerprint density at radius 2 is 1.83 bits per heavy atom. The van der Waals surface area contributed by atoms with Crippen LogP contribution in [0.4, 0.5) is 11.4 Å². The van der Waals surface area contributed by atoms with E-state index >= 15 is 0 Å². The first-order valence-electron chi connectivity index (χ1n) is 10.9. The van der Waals surface area contributed by atoms with E-state index in [1.54, 1.807) is 31.2 Å². The molecule has 0 aliphatic carbocycles. The van der Waals surface area contributed by atoms with Crippen LogP contribution in [-0.4, -0.2) is 69.7 Å². The Kier molecular flexibility index (Phi) is 9.61. The molecular weight excluding hydrogens is 492 g/mol. The molecule has 196 valence electrons. The number of carbonyl (C=O) groups excluding carboxylic acids is 2. The van der Waals surface area contributed by atoms with Crippen molar-refractivity contribution in [2.45, 2.75) is 26.4 Å². The summed E-state index contributed by atoms with van der Waals surface area (Å²) in [5.74, 6) is -0.553. The monoisotopic (exact) mass is 522 g/mol. The second-order valence-electron chi connectivity index (χ2n) is 7.83. The molecule has 0 spiro atoms. The van der Waals surface area contributed by atoms with Gasteiger partial charge in [0.1, 0.15) is 29.8 Å². The van der Waals surface area contributed by atoms with Crippen molar-refractivity contribution >= 4 is 33.2 Å². The highest BCUT2D eigenvalue weighted by Crippen LogP contribution is 2.34. The van der Waals surface area contributed by atoms with E-state index in [0.717, 1.165) is 22.7 Å². The van der Waals surface area contributed by atoms with Crippen molar-refractivity contribution in [3.8, 4) is 11.5 Å². The molecule has 0 fully saturated rings. The molecule has 2 rings (SSSR count). The number of nitro benzene ring substituents is 1. The first-order chi connectivity index (χ1) is 16.9. The predicted octanol–water partition coefficient (Wildman–Crippen LogP) is 1.93. The molecule has 0 saturated carbocycles. The predicted molar refractivity (Wildman–Crippen MR) is 134 cm³/mol. The summed E-state index contributed by atoms with van der Waals surface area (Å²) in [7, 11) is -1.33. The van der Waals surface area contributed by atoms with E-state index in [2.05, 4.69) is 5.32 Å². The van der Waals surface area contributed by atoms with Crippen molar-refractivity contribution < 1.29 is 32.4 Å². The van der Waals surface area contributed by atoms with E-state index in [0.29, 0.717) is 17.9 Å². The van der Waals surface area contributed by atoms with Gasteiger partial charge in [0.15, 0.2) is 0 Å². The van der Waals surface area contributed by atoms with E-state index in [-0.39, 0.29) is 23.7 Å². The van der Waals surface area contributed by atoms with Gasteiger partial charge in [-0.2, -0.15) is 0 Å². The van der Waals surface area contributed by atoms with E-state index in [1.807, 2.05) is 0 Å². The van der Waals surface area contributed by atoms with Crippen LogP contribution >= 0.6 is 0 Å². The van der Waals surface area contributed by atoms with E-state index in [9.17, 15) is 28.1 Å². The summed E-state index contributed by atoms with van der Waals surface area (Å²) in [6.07, 6.45) is 0.873. The van der Waals surface area contributed by atoms with Crippen molar-refractivity contribution in [2.24, 2.45) is 0 Å². The lowest BCUT2D eigenvalue weighted by molar-refractivity contribution is -0.384. The summed E-state index contributed by atoms with van der Waals surface area (Å²) in [4.78, 5) is 38.0. The highest BCUT2D eigenvalue weighted by molar-refractivity contribution is 7.92. The number of hydrogen-bond acceptors (Lipinski definition) is 8. The first-order valence-corrected chi connectivity index (χ1v) is 12.8. The standard InChI is InChI=1S/C23H30N4O8S/c1-6-24-23(29)16(2)25(14-17-8-7-9-19(12-17)34-3)22(28)15-26(36(5,32)33)20-13-18(27(30)31)10-11-21(20)35-4/h7-13,16H,6,14-15H2,1-5H3,(H,24,29)/t16-/m1/s1. The van der Waals surface area contributed by atoms with Gasteiger partial charge in [-0.25, -0.2) is 8.42 Å². The normalized spacial score (nSPS) is 11.8. The minimum absolute atomic E-state index is 0.0159. The number of amides is 2. The zero-order chi connectivity index (χ0) is 27.0. The number of sulfonamides is 1. The Morgan fingerprint density at radius 1 is 1.14 bits per heavy atom. The average Bonchev–Trinajstić information content (AvgIpc) is 2.84. The number of nitro groups is 1. The van der Waals surface area contributed by atoms with Gasteiger partial charge in [0.2, 0.25) is 21.8 Å². The second kappa shape index (κ2) is 12.2. The molecule has 13 heteroatoms. The number of benzene rings is 2. The van der Waals surface area contributed by atoms with Crippen LogP contribution < -0.4 is 19.1 Å². The van der Waals surface area contributed by atoms with Gasteiger partial charge in [0.05, 0.1) is 25.4 Å². The van der Waals surface area contributed by atoms with Gasteiger partial charge in [-0.15, -0.1) is 0 Å². The summed E-state index contributed by atoms with van der Waals surface area (Å²) in [5, 5.41) is 14.0. The lowest BCUT2D eigenvalue weighted by Gasteiger charge is -2.31. The molecule has 0 radical (unpaired) electrons. The molecule has 0 unspecified atom stereocenters. The van der Waals surface area contributed by atoms with Crippen LogP contribution in [0.2, 0.25) is 0 Å². The number of likely N-dealkylation sites (N-methyl/N-ethyl adjacent to an activating group) is 1. The van der Waals surface area contributed by atoms with Crippen LogP contribution in [-0.2, 0) is 26.2 Å². The molecular formula is C23H30N4O8S. The summed E-state index contributed by atoms with van der Waals surface area (Å²) in [5.41, 5.74) is 0.100. The molecule has 0 bridgehead atoms. The van der Waals surface area contributed by atoms with Crippen molar-refractivity contribution in [3.63, 3.8) is 0 Å². The zero-order valence-corrected chi connectivity index (χ0v) is 21.6. The number of non-ortho nitro benzene ring substituents is 1. The molecule has 0 aromatic heterocycles. The number of hydrogen-bond donors (Lipinski definition) is 1. The van der Waals surface area contributed by atoms with Crippen molar-refractivity contribution in [2.75, 3.05) is 37.9 Å². The van der Waals surface area contributed by atoms with Crippen LogP contribution in [0.5, 0.6) is 11.5 Å². The molecule has 2 aromatic carbocycles. The number of anilines is 1. The van der Waals surface area contributed by atoms with Crippen LogP contribution in [0.15, 0.2) is 42.5 Å². The Morgan fingerprint density at radius 3 is 2.39 bits per heavy atom. The molecule has 0 heterocycles. The molecule has 1 N–H and O–H groups in total. The first kappa shape index (κ1) is 28.4. The quantitative estimate of drug-likeness (QED) is 0.328. The van der Waals surface area contributed by atoms with Gasteiger partial charge in [0.25, 0.3) is 5.69 Å². The van der Waals surface area contributed by atoms with Crippen molar-refractivity contribution in [1.82, 2.24) is 10.2 Å². The van der Waals surface area contributed by atoms with Crippen LogP contribution in [0.3, 0.4) is 0 Å². The Bertz CT molecular complexity index is 1220. The van der Waals surface area contributed by atoms with Gasteiger partial charge in [-0.1, -0.05) is 12.1 Å². The van der Waals surface area contributed by atoms with Crippen molar-refractivity contribution in [3.05, 3.63) is 58.1 Å². The van der Waals surface area contributed by atoms with Crippen molar-refractivity contribution in [1.29, 1.82) is 0 Å². The highest BCUT2D eigenvalue weighted by atomic mass is 32.2. The third-order valence-corrected chi connectivity index (χ3v) is 6.45. The fraction of sp³-hybridized carbons (Fsp3) is 0.391.